The summed E-state index contributed by atoms with van der Waals surface area (Å²) in [7, 11) is 1.69. The van der Waals surface area contributed by atoms with Gasteiger partial charge in [-0.2, -0.15) is 0 Å². The van der Waals surface area contributed by atoms with Crippen LogP contribution in [0.3, 0.4) is 0 Å². The van der Waals surface area contributed by atoms with Gasteiger partial charge in [-0.3, -0.25) is 4.79 Å². The first-order valence-electron chi connectivity index (χ1n) is 5.85. The molecule has 0 aliphatic rings. The van der Waals surface area contributed by atoms with Crippen molar-refractivity contribution >= 4 is 5.91 Å². The Morgan fingerprint density at radius 2 is 1.94 bits per heavy atom. The maximum Gasteiger partial charge on any atom is 0.216 e. The van der Waals surface area contributed by atoms with E-state index < -0.39 is 0 Å². The van der Waals surface area contributed by atoms with Gasteiger partial charge in [0.25, 0.3) is 0 Å². The molecule has 0 fully saturated rings. The summed E-state index contributed by atoms with van der Waals surface area (Å²) in [5.74, 6) is 0.953. The summed E-state index contributed by atoms with van der Waals surface area (Å²) >= 11 is 0. The van der Waals surface area contributed by atoms with Crippen LogP contribution in [0.4, 0.5) is 0 Å². The number of benzene rings is 1. The van der Waals surface area contributed by atoms with Crippen LogP contribution in [0.25, 0.3) is 0 Å². The summed E-state index contributed by atoms with van der Waals surface area (Å²) in [6, 6.07) is 2.06. The van der Waals surface area contributed by atoms with E-state index in [2.05, 4.69) is 32.2 Å². The Kier molecular flexibility index (Phi) is 4.55. The zero-order valence-corrected chi connectivity index (χ0v) is 11.3. The summed E-state index contributed by atoms with van der Waals surface area (Å²) < 4.78 is 5.33. The topological polar surface area (TPSA) is 38.3 Å². The maximum absolute atomic E-state index is 10.8. The van der Waals surface area contributed by atoms with Gasteiger partial charge in [-0.25, -0.2) is 0 Å². The Morgan fingerprint density at radius 1 is 1.29 bits per heavy atom. The molecule has 1 amide bonds. The van der Waals surface area contributed by atoms with Gasteiger partial charge in [-0.1, -0.05) is 0 Å². The van der Waals surface area contributed by atoms with Crippen molar-refractivity contribution in [1.82, 2.24) is 5.32 Å². The SMILES string of the molecule is COc1cc(C)c(CCNC(C)=O)c(C)c1C. The minimum atomic E-state index is 0.0190. The zero-order chi connectivity index (χ0) is 13.0. The predicted octanol–water partition coefficient (Wildman–Crippen LogP) is 2.30. The van der Waals surface area contributed by atoms with E-state index in [1.165, 1.54) is 22.3 Å². The minimum absolute atomic E-state index is 0.0190. The summed E-state index contributed by atoms with van der Waals surface area (Å²) in [5, 5.41) is 2.83. The van der Waals surface area contributed by atoms with Crippen molar-refractivity contribution in [3.8, 4) is 5.75 Å². The van der Waals surface area contributed by atoms with E-state index in [1.54, 1.807) is 14.0 Å². The van der Waals surface area contributed by atoms with Crippen molar-refractivity contribution in [3.05, 3.63) is 28.3 Å². The minimum Gasteiger partial charge on any atom is -0.496 e. The second-order valence-corrected chi connectivity index (χ2v) is 4.36. The second-order valence-electron chi connectivity index (χ2n) is 4.36. The van der Waals surface area contributed by atoms with Gasteiger partial charge in [-0.05, 0) is 55.5 Å². The number of aryl methyl sites for hydroxylation is 1. The van der Waals surface area contributed by atoms with E-state index in [0.29, 0.717) is 6.54 Å². The van der Waals surface area contributed by atoms with E-state index in [4.69, 9.17) is 4.74 Å². The fraction of sp³-hybridized carbons (Fsp3) is 0.500. The first-order chi connectivity index (χ1) is 7.97. The Balaban J connectivity index is 2.92. The van der Waals surface area contributed by atoms with E-state index >= 15 is 0 Å². The molecule has 94 valence electrons. The van der Waals surface area contributed by atoms with Gasteiger partial charge in [0.2, 0.25) is 5.91 Å². The third-order valence-electron chi connectivity index (χ3n) is 3.18. The molecule has 0 radical (unpaired) electrons. The highest BCUT2D eigenvalue weighted by molar-refractivity contribution is 5.72. The normalized spacial score (nSPS) is 10.2. The van der Waals surface area contributed by atoms with Gasteiger partial charge in [-0.15, -0.1) is 0 Å². The highest BCUT2D eigenvalue weighted by Gasteiger charge is 2.10. The van der Waals surface area contributed by atoms with E-state index in [-0.39, 0.29) is 5.91 Å². The summed E-state index contributed by atoms with van der Waals surface area (Å²) in [6.07, 6.45) is 0.863. The van der Waals surface area contributed by atoms with Crippen LogP contribution in [-0.4, -0.2) is 19.6 Å². The molecule has 1 aromatic carbocycles. The van der Waals surface area contributed by atoms with Crippen LogP contribution in [0.5, 0.6) is 5.75 Å². The number of amides is 1. The van der Waals surface area contributed by atoms with Crippen molar-refractivity contribution in [2.75, 3.05) is 13.7 Å². The lowest BCUT2D eigenvalue weighted by molar-refractivity contribution is -0.118. The third kappa shape index (κ3) is 3.22. The number of hydrogen-bond donors (Lipinski definition) is 1. The number of methoxy groups -OCH3 is 1. The van der Waals surface area contributed by atoms with E-state index in [1.807, 2.05) is 0 Å². The zero-order valence-electron chi connectivity index (χ0n) is 11.3. The molecular formula is C14H21NO2. The molecule has 0 heterocycles. The van der Waals surface area contributed by atoms with Crippen LogP contribution in [0, 0.1) is 20.8 Å². The number of rotatable bonds is 4. The van der Waals surface area contributed by atoms with Crippen LogP contribution >= 0.6 is 0 Å². The standard InChI is InChI=1S/C14H21NO2/c1-9-8-14(17-5)11(3)10(2)13(9)6-7-15-12(4)16/h8H,6-7H2,1-5H3,(H,15,16). The van der Waals surface area contributed by atoms with Crippen LogP contribution in [0.2, 0.25) is 0 Å². The molecule has 0 unspecified atom stereocenters. The lowest BCUT2D eigenvalue weighted by Gasteiger charge is -2.16. The van der Waals surface area contributed by atoms with Crippen molar-refractivity contribution in [2.45, 2.75) is 34.1 Å². The molecule has 0 bridgehead atoms. The van der Waals surface area contributed by atoms with Gasteiger partial charge >= 0.3 is 0 Å². The van der Waals surface area contributed by atoms with Crippen LogP contribution in [0.1, 0.15) is 29.2 Å². The Bertz CT molecular complexity index is 425. The van der Waals surface area contributed by atoms with Crippen molar-refractivity contribution in [3.63, 3.8) is 0 Å². The molecule has 17 heavy (non-hydrogen) atoms. The molecule has 1 rings (SSSR count). The summed E-state index contributed by atoms with van der Waals surface area (Å²) in [5.41, 5.74) is 4.95. The maximum atomic E-state index is 10.8. The highest BCUT2D eigenvalue weighted by atomic mass is 16.5. The molecule has 0 aliphatic heterocycles. The van der Waals surface area contributed by atoms with Gasteiger partial charge in [0.1, 0.15) is 5.75 Å². The average Bonchev–Trinajstić information content (AvgIpc) is 2.27. The number of nitrogens with one attached hydrogen (secondary N) is 1. The predicted molar refractivity (Wildman–Crippen MR) is 69.6 cm³/mol. The fourth-order valence-electron chi connectivity index (χ4n) is 2.06. The van der Waals surface area contributed by atoms with Gasteiger partial charge in [0.15, 0.2) is 0 Å². The number of hydrogen-bond acceptors (Lipinski definition) is 2. The Labute approximate surface area is 103 Å². The first kappa shape index (κ1) is 13.6. The second kappa shape index (κ2) is 5.71. The summed E-state index contributed by atoms with van der Waals surface area (Å²) in [6.45, 7) is 8.48. The molecule has 1 aromatic rings. The average molecular weight is 235 g/mol. The van der Waals surface area contributed by atoms with Gasteiger partial charge in [0.05, 0.1) is 7.11 Å². The summed E-state index contributed by atoms with van der Waals surface area (Å²) in [4.78, 5) is 10.8. The lowest BCUT2D eigenvalue weighted by Crippen LogP contribution is -2.23. The van der Waals surface area contributed by atoms with Crippen molar-refractivity contribution < 1.29 is 9.53 Å². The highest BCUT2D eigenvalue weighted by Crippen LogP contribution is 2.27. The molecule has 0 spiro atoms. The molecule has 3 nitrogen and oxygen atoms in total. The molecule has 1 N–H and O–H groups in total. The lowest BCUT2D eigenvalue weighted by atomic mass is 9.95. The monoisotopic (exact) mass is 235 g/mol. The van der Waals surface area contributed by atoms with E-state index in [0.717, 1.165) is 12.2 Å². The molecule has 3 heteroatoms. The molecule has 0 atom stereocenters. The first-order valence-corrected chi connectivity index (χ1v) is 5.85. The molecule has 0 saturated heterocycles. The van der Waals surface area contributed by atoms with Crippen LogP contribution in [-0.2, 0) is 11.2 Å². The smallest absolute Gasteiger partial charge is 0.216 e. The fourth-order valence-corrected chi connectivity index (χ4v) is 2.06. The number of ether oxygens (including phenoxy) is 1. The Hall–Kier alpha value is -1.51. The van der Waals surface area contributed by atoms with Gasteiger partial charge < -0.3 is 10.1 Å². The van der Waals surface area contributed by atoms with Crippen LogP contribution < -0.4 is 10.1 Å². The van der Waals surface area contributed by atoms with Crippen LogP contribution in [0.15, 0.2) is 6.07 Å². The molecule has 0 saturated carbocycles. The number of carbonyl (C=O) groups is 1. The van der Waals surface area contributed by atoms with E-state index in [9.17, 15) is 4.79 Å². The number of carbonyl (C=O) groups excluding carboxylic acids is 1. The van der Waals surface area contributed by atoms with Gasteiger partial charge in [0, 0.05) is 13.5 Å². The molecule has 0 aromatic heterocycles. The van der Waals surface area contributed by atoms with Crippen molar-refractivity contribution in [1.29, 1.82) is 0 Å². The van der Waals surface area contributed by atoms with Crippen molar-refractivity contribution in [2.24, 2.45) is 0 Å². The largest absolute Gasteiger partial charge is 0.496 e. The third-order valence-corrected chi connectivity index (χ3v) is 3.18. The molecule has 0 aliphatic carbocycles. The quantitative estimate of drug-likeness (QED) is 0.869. The molecular weight excluding hydrogens is 214 g/mol. The Morgan fingerprint density at radius 3 is 2.47 bits per heavy atom.